The van der Waals surface area contributed by atoms with E-state index >= 15 is 0 Å². The minimum Gasteiger partial charge on any atom is -0.386 e. The van der Waals surface area contributed by atoms with E-state index in [2.05, 4.69) is 34.4 Å². The van der Waals surface area contributed by atoms with Gasteiger partial charge in [-0.2, -0.15) is 4.31 Å². The molecule has 2 aromatic heterocycles. The normalized spacial score (nSPS) is 21.2. The average molecular weight is 924 g/mol. The van der Waals surface area contributed by atoms with Crippen molar-refractivity contribution in [2.45, 2.75) is 50.9 Å². The second-order valence-corrected chi connectivity index (χ2v) is 18.7. The number of fused-ring (bicyclic) bond motifs is 1. The van der Waals surface area contributed by atoms with Crippen LogP contribution in [0.4, 0.5) is 5.82 Å². The molecular weight excluding hydrogens is 879 g/mol. The molecule has 60 heavy (non-hydrogen) atoms. The summed E-state index contributed by atoms with van der Waals surface area (Å²) in [5.41, 5.74) is 5.23. The lowest BCUT2D eigenvalue weighted by Gasteiger charge is -2.30. The Bertz CT molecular complexity index is 2170. The van der Waals surface area contributed by atoms with E-state index in [1.807, 2.05) is 36.4 Å². The van der Waals surface area contributed by atoms with Crippen molar-refractivity contribution in [1.82, 2.24) is 30.2 Å². The van der Waals surface area contributed by atoms with E-state index in [0.29, 0.717) is 5.75 Å². The van der Waals surface area contributed by atoms with Crippen molar-refractivity contribution in [3.63, 3.8) is 0 Å². The molecule has 3 heterocycles. The number of allylic oxidation sites excluding steroid dienone is 2. The largest absolute Gasteiger partial charge is 0.481 e. The van der Waals surface area contributed by atoms with E-state index in [4.69, 9.17) is 19.5 Å². The van der Waals surface area contributed by atoms with Crippen molar-refractivity contribution in [1.29, 1.82) is 0 Å². The van der Waals surface area contributed by atoms with Gasteiger partial charge >= 0.3 is 23.5 Å². The number of carbonyl (C=O) groups excluding carboxylic acids is 3. The van der Waals surface area contributed by atoms with Crippen LogP contribution in [0, 0.1) is 5.41 Å². The summed E-state index contributed by atoms with van der Waals surface area (Å²) in [5.74, 6) is -1.20. The van der Waals surface area contributed by atoms with E-state index in [-0.39, 0.29) is 41.6 Å². The van der Waals surface area contributed by atoms with Crippen LogP contribution in [0.5, 0.6) is 0 Å². The second-order valence-electron chi connectivity index (χ2n) is 13.4. The fourth-order valence-electron chi connectivity index (χ4n) is 5.19. The molecule has 1 aliphatic heterocycles. The number of thioether (sulfide) groups is 1. The highest BCUT2D eigenvalue weighted by Gasteiger charge is 2.50. The van der Waals surface area contributed by atoms with Crippen LogP contribution in [0.25, 0.3) is 17.2 Å². The molecule has 28 heteroatoms. The van der Waals surface area contributed by atoms with Gasteiger partial charge in [0.05, 0.1) is 19.5 Å². The Balaban J connectivity index is 1.19. The number of aliphatic hydroxyl groups excluding tert-OH is 2. The number of aromatic nitrogens is 4. The molecule has 2 amide bonds. The number of nitrogens with one attached hydrogen (secondary N) is 2. The molecule has 10 N–H and O–H groups in total. The third-order valence-corrected chi connectivity index (χ3v) is 12.1. The molecule has 0 saturated carbocycles. The number of aliphatic hydroxyl groups is 2. The van der Waals surface area contributed by atoms with Crippen molar-refractivity contribution >= 4 is 75.2 Å². The fraction of sp³-hybridized carbons (Fsp3) is 0.438. The SMILES string of the molecule is CC(C)(COP(=O)(O)OP(=O)(O)OC[C@H]1O[C@@H](n2cnc3c(N)ncnc32)[C@H](O)[C@@H]1OP(=O)(O)O)[C@@H](O)C(=O)NCCC(=O)NCCSC(=O)/C=C/C=C/c1ccccc1. The number of hydrogen-bond donors (Lipinski definition) is 9. The van der Waals surface area contributed by atoms with Gasteiger partial charge in [0.25, 0.3) is 0 Å². The fourth-order valence-corrected chi connectivity index (χ4v) is 8.60. The lowest BCUT2D eigenvalue weighted by Crippen LogP contribution is -2.46. The summed E-state index contributed by atoms with van der Waals surface area (Å²) in [7, 11) is -16.4. The van der Waals surface area contributed by atoms with Crippen LogP contribution < -0.4 is 16.4 Å². The van der Waals surface area contributed by atoms with Gasteiger partial charge in [-0.15, -0.1) is 0 Å². The Hall–Kier alpha value is -3.74. The van der Waals surface area contributed by atoms with Gasteiger partial charge in [0.2, 0.25) is 16.9 Å². The zero-order chi connectivity index (χ0) is 44.3. The van der Waals surface area contributed by atoms with Crippen molar-refractivity contribution in [2.75, 3.05) is 37.8 Å². The quantitative estimate of drug-likeness (QED) is 0.0293. The molecule has 2 unspecified atom stereocenters. The van der Waals surface area contributed by atoms with Gasteiger partial charge in [0.15, 0.2) is 17.7 Å². The first-order chi connectivity index (χ1) is 28.1. The summed E-state index contributed by atoms with van der Waals surface area (Å²) in [6.07, 6.45) is -0.389. The molecule has 0 radical (unpaired) electrons. The van der Waals surface area contributed by atoms with Gasteiger partial charge < -0.3 is 50.9 Å². The molecular formula is C32H44N7O17P3S. The molecule has 330 valence electrons. The highest BCUT2D eigenvalue weighted by Crippen LogP contribution is 2.61. The predicted octanol–water partition coefficient (Wildman–Crippen LogP) is 0.934. The third-order valence-electron chi connectivity index (χ3n) is 8.18. The van der Waals surface area contributed by atoms with Crippen LogP contribution in [-0.2, 0) is 50.7 Å². The number of phosphoric acid groups is 3. The van der Waals surface area contributed by atoms with Crippen LogP contribution in [0.15, 0.2) is 61.2 Å². The smallest absolute Gasteiger partial charge is 0.386 e. The summed E-state index contributed by atoms with van der Waals surface area (Å²) >= 11 is 0.996. The number of nitrogens with two attached hydrogens (primary N) is 1. The monoisotopic (exact) mass is 923 g/mol. The number of amides is 2. The lowest BCUT2D eigenvalue weighted by atomic mass is 9.87. The summed E-state index contributed by atoms with van der Waals surface area (Å²) in [4.78, 5) is 87.8. The van der Waals surface area contributed by atoms with Gasteiger partial charge in [-0.1, -0.05) is 74.2 Å². The minimum absolute atomic E-state index is 0.0278. The number of nitrogens with zero attached hydrogens (tertiary/aromatic N) is 4. The number of phosphoric ester groups is 3. The number of rotatable bonds is 22. The number of nitrogen functional groups attached to an aromatic ring is 1. The zero-order valence-electron chi connectivity index (χ0n) is 31.8. The topological polar surface area (TPSA) is 364 Å². The molecule has 1 aliphatic rings. The van der Waals surface area contributed by atoms with Crippen molar-refractivity contribution in [2.24, 2.45) is 5.41 Å². The third kappa shape index (κ3) is 15.0. The number of imidazole rings is 1. The highest BCUT2D eigenvalue weighted by atomic mass is 32.2. The van der Waals surface area contributed by atoms with Gasteiger partial charge in [-0.25, -0.2) is 28.6 Å². The Morgan fingerprint density at radius 1 is 1.02 bits per heavy atom. The van der Waals surface area contributed by atoms with Crippen molar-refractivity contribution in [3.8, 4) is 0 Å². The van der Waals surface area contributed by atoms with E-state index < -0.39 is 84.6 Å². The number of benzene rings is 1. The van der Waals surface area contributed by atoms with Gasteiger partial charge in [-0.3, -0.25) is 32.5 Å². The molecule has 1 aromatic carbocycles. The first-order valence-electron chi connectivity index (χ1n) is 17.5. The van der Waals surface area contributed by atoms with Crippen LogP contribution in [0.2, 0.25) is 0 Å². The Labute approximate surface area is 346 Å². The lowest BCUT2D eigenvalue weighted by molar-refractivity contribution is -0.137. The zero-order valence-corrected chi connectivity index (χ0v) is 35.3. The van der Waals surface area contributed by atoms with Crippen LogP contribution >= 0.6 is 35.2 Å². The number of anilines is 1. The molecule has 7 atom stereocenters. The molecule has 1 fully saturated rings. The molecule has 4 rings (SSSR count). The van der Waals surface area contributed by atoms with Crippen LogP contribution in [-0.4, -0.2) is 123 Å². The predicted molar refractivity (Wildman–Crippen MR) is 212 cm³/mol. The first-order valence-corrected chi connectivity index (χ1v) is 23.0. The Morgan fingerprint density at radius 2 is 1.72 bits per heavy atom. The van der Waals surface area contributed by atoms with Gasteiger partial charge in [-0.05, 0) is 11.6 Å². The van der Waals surface area contributed by atoms with E-state index in [9.17, 15) is 57.9 Å². The average Bonchev–Trinajstić information content (AvgIpc) is 3.73. The number of ether oxygens (including phenoxy) is 1. The van der Waals surface area contributed by atoms with E-state index in [0.717, 1.165) is 34.5 Å². The summed E-state index contributed by atoms with van der Waals surface area (Å²) in [6.45, 7) is 0.419. The molecule has 24 nitrogen and oxygen atoms in total. The summed E-state index contributed by atoms with van der Waals surface area (Å²) in [6, 6.07) is 9.51. The first kappa shape index (κ1) is 48.9. The van der Waals surface area contributed by atoms with E-state index in [1.54, 1.807) is 12.2 Å². The highest BCUT2D eigenvalue weighted by molar-refractivity contribution is 8.14. The molecule has 3 aromatic rings. The Morgan fingerprint density at radius 3 is 2.42 bits per heavy atom. The standard InChI is InChI=1S/C32H44N7O17P3S/c1-32(2,27(43)30(44)35-13-12-22(40)34-14-15-60-23(41)11-7-6-10-20-8-4-3-5-9-20)17-53-59(50,51)56-58(48,49)52-16-21-26(55-57(45,46)47)25(42)31(54-21)39-19-38-24-28(33)36-18-37-29(24)39/h3-11,18-19,21,25-27,31,42-43H,12-17H2,1-2H3,(H,34,40)(H,35,44)(H,48,49)(H,50,51)(H2,33,36,37)(H2,45,46,47)/b10-6+,11-7+/t21-,25-,26-,27+,31-/m1/s1. The maximum absolute atomic E-state index is 12.7. The van der Waals surface area contributed by atoms with Gasteiger partial charge in [0.1, 0.15) is 36.3 Å². The number of hydrogen-bond acceptors (Lipinski definition) is 18. The molecule has 1 saturated heterocycles. The maximum Gasteiger partial charge on any atom is 0.481 e. The Kier molecular flexibility index (Phi) is 17.4. The molecule has 0 spiro atoms. The number of carbonyl (C=O) groups is 3. The van der Waals surface area contributed by atoms with Crippen molar-refractivity contribution < 1.29 is 80.5 Å². The second kappa shape index (κ2) is 21.4. The van der Waals surface area contributed by atoms with Crippen LogP contribution in [0.3, 0.4) is 0 Å². The summed E-state index contributed by atoms with van der Waals surface area (Å²) < 4.78 is 62.2. The maximum atomic E-state index is 12.7. The van der Waals surface area contributed by atoms with E-state index in [1.165, 1.54) is 19.9 Å². The summed E-state index contributed by atoms with van der Waals surface area (Å²) in [5, 5.41) is 26.2. The van der Waals surface area contributed by atoms with Gasteiger partial charge in [0, 0.05) is 30.7 Å². The van der Waals surface area contributed by atoms with Crippen molar-refractivity contribution in [3.05, 3.63) is 66.8 Å². The van der Waals surface area contributed by atoms with Crippen LogP contribution in [0.1, 0.15) is 32.1 Å². The molecule has 0 aliphatic carbocycles. The molecule has 0 bridgehead atoms. The minimum atomic E-state index is -5.58.